The minimum Gasteiger partial charge on any atom is -0.317 e. The third kappa shape index (κ3) is 3.51. The third-order valence-electron chi connectivity index (χ3n) is 3.31. The average Bonchev–Trinajstić information content (AvgIpc) is 2.40. The van der Waals surface area contributed by atoms with Gasteiger partial charge < -0.3 is 5.32 Å². The number of hydrogen-bond acceptors (Lipinski definition) is 5. The van der Waals surface area contributed by atoms with E-state index in [4.69, 9.17) is 0 Å². The van der Waals surface area contributed by atoms with Crippen LogP contribution < -0.4 is 5.32 Å². The molecule has 0 amide bonds. The highest BCUT2D eigenvalue weighted by atomic mass is 32.2. The number of benzene rings is 1. The molecule has 0 radical (unpaired) electrons. The van der Waals surface area contributed by atoms with Crippen molar-refractivity contribution in [1.29, 1.82) is 0 Å². The van der Waals surface area contributed by atoms with Gasteiger partial charge in [-0.2, -0.15) is 0 Å². The molecule has 1 aromatic rings. The van der Waals surface area contributed by atoms with Gasteiger partial charge in [0, 0.05) is 12.1 Å². The van der Waals surface area contributed by atoms with E-state index in [9.17, 15) is 18.5 Å². The second kappa shape index (κ2) is 5.66. The SMILES string of the molecule is O=[N+]([O-])c1ccc(CS(=O)(=O)C2CCNCC2)cc1. The largest absolute Gasteiger partial charge is 0.317 e. The van der Waals surface area contributed by atoms with Gasteiger partial charge in [0.15, 0.2) is 9.84 Å². The topological polar surface area (TPSA) is 89.3 Å². The minimum atomic E-state index is -3.18. The van der Waals surface area contributed by atoms with Crippen molar-refractivity contribution < 1.29 is 13.3 Å². The van der Waals surface area contributed by atoms with Crippen LogP contribution in [0.25, 0.3) is 0 Å². The van der Waals surface area contributed by atoms with Crippen molar-refractivity contribution in [1.82, 2.24) is 5.32 Å². The standard InChI is InChI=1S/C12H16N2O4S/c15-14(16)11-3-1-10(2-4-11)9-19(17,18)12-5-7-13-8-6-12/h1-4,12-13H,5-9H2. The molecule has 0 bridgehead atoms. The fraction of sp³-hybridized carbons (Fsp3) is 0.500. The summed E-state index contributed by atoms with van der Waals surface area (Å²) in [6, 6.07) is 5.70. The van der Waals surface area contributed by atoms with E-state index in [1.54, 1.807) is 0 Å². The molecule has 1 aliphatic rings. The molecule has 1 fully saturated rings. The van der Waals surface area contributed by atoms with Gasteiger partial charge in [0.2, 0.25) is 0 Å². The van der Waals surface area contributed by atoms with Gasteiger partial charge in [0.05, 0.1) is 15.9 Å². The first-order valence-electron chi connectivity index (χ1n) is 6.14. The maximum Gasteiger partial charge on any atom is 0.269 e. The Morgan fingerprint density at radius 1 is 1.21 bits per heavy atom. The number of nitrogens with zero attached hydrogens (tertiary/aromatic N) is 1. The van der Waals surface area contributed by atoms with Crippen LogP contribution in [0, 0.1) is 10.1 Å². The molecule has 6 nitrogen and oxygen atoms in total. The summed E-state index contributed by atoms with van der Waals surface area (Å²) < 4.78 is 24.4. The van der Waals surface area contributed by atoms with Crippen molar-refractivity contribution in [3.63, 3.8) is 0 Å². The van der Waals surface area contributed by atoms with Crippen LogP contribution in [0.3, 0.4) is 0 Å². The quantitative estimate of drug-likeness (QED) is 0.664. The number of non-ortho nitro benzene ring substituents is 1. The van der Waals surface area contributed by atoms with Crippen LogP contribution in [0.2, 0.25) is 0 Å². The molecule has 7 heteroatoms. The summed E-state index contributed by atoms with van der Waals surface area (Å²) in [7, 11) is -3.18. The lowest BCUT2D eigenvalue weighted by Crippen LogP contribution is -2.36. The lowest BCUT2D eigenvalue weighted by atomic mass is 10.2. The zero-order valence-electron chi connectivity index (χ0n) is 10.4. The molecule has 1 aromatic carbocycles. The number of piperidine rings is 1. The molecule has 0 aromatic heterocycles. The molecule has 0 unspecified atom stereocenters. The molecular weight excluding hydrogens is 268 g/mol. The van der Waals surface area contributed by atoms with Crippen molar-refractivity contribution >= 4 is 15.5 Å². The molecular formula is C12H16N2O4S. The summed E-state index contributed by atoms with van der Waals surface area (Å²) in [6.07, 6.45) is 1.27. The summed E-state index contributed by atoms with van der Waals surface area (Å²) in [5.74, 6) is -0.0460. The molecule has 0 saturated carbocycles. The summed E-state index contributed by atoms with van der Waals surface area (Å²) in [5, 5.41) is 13.4. The predicted octanol–water partition coefficient (Wildman–Crippen LogP) is 1.26. The van der Waals surface area contributed by atoms with Gasteiger partial charge in [-0.25, -0.2) is 8.42 Å². The van der Waals surface area contributed by atoms with E-state index in [1.165, 1.54) is 24.3 Å². The zero-order chi connectivity index (χ0) is 13.9. The predicted molar refractivity (Wildman–Crippen MR) is 71.6 cm³/mol. The van der Waals surface area contributed by atoms with Gasteiger partial charge in [0.25, 0.3) is 5.69 Å². The highest BCUT2D eigenvalue weighted by Gasteiger charge is 2.27. The van der Waals surface area contributed by atoms with Crippen LogP contribution in [0.15, 0.2) is 24.3 Å². The maximum atomic E-state index is 12.2. The van der Waals surface area contributed by atoms with Gasteiger partial charge >= 0.3 is 0 Å². The van der Waals surface area contributed by atoms with Gasteiger partial charge in [-0.05, 0) is 31.5 Å². The van der Waals surface area contributed by atoms with Crippen LogP contribution in [0.5, 0.6) is 0 Å². The normalized spacial score (nSPS) is 17.3. The molecule has 0 aliphatic carbocycles. The van der Waals surface area contributed by atoms with Crippen molar-refractivity contribution in [3.8, 4) is 0 Å². The number of nitro groups is 1. The van der Waals surface area contributed by atoms with Crippen LogP contribution in [-0.4, -0.2) is 31.7 Å². The lowest BCUT2D eigenvalue weighted by Gasteiger charge is -2.22. The van der Waals surface area contributed by atoms with Crippen LogP contribution in [0.1, 0.15) is 18.4 Å². The van der Waals surface area contributed by atoms with Gasteiger partial charge in [-0.15, -0.1) is 0 Å². The van der Waals surface area contributed by atoms with Crippen LogP contribution in [0.4, 0.5) is 5.69 Å². The number of nitrogens with one attached hydrogen (secondary N) is 1. The van der Waals surface area contributed by atoms with E-state index in [0.29, 0.717) is 18.4 Å². The Kier molecular flexibility index (Phi) is 4.16. The lowest BCUT2D eigenvalue weighted by molar-refractivity contribution is -0.384. The van der Waals surface area contributed by atoms with Crippen molar-refractivity contribution in [2.24, 2.45) is 0 Å². The first-order chi connectivity index (χ1) is 8.99. The van der Waals surface area contributed by atoms with E-state index in [-0.39, 0.29) is 16.7 Å². The van der Waals surface area contributed by atoms with Gasteiger partial charge in [-0.3, -0.25) is 10.1 Å². The zero-order valence-corrected chi connectivity index (χ0v) is 11.2. The summed E-state index contributed by atoms with van der Waals surface area (Å²) in [6.45, 7) is 1.45. The van der Waals surface area contributed by atoms with E-state index >= 15 is 0 Å². The van der Waals surface area contributed by atoms with Crippen LogP contribution >= 0.6 is 0 Å². The van der Waals surface area contributed by atoms with E-state index in [2.05, 4.69) is 5.32 Å². The molecule has 104 valence electrons. The van der Waals surface area contributed by atoms with Crippen molar-refractivity contribution in [2.75, 3.05) is 13.1 Å². The Bertz CT molecular complexity index is 548. The van der Waals surface area contributed by atoms with E-state index in [1.807, 2.05) is 0 Å². The molecule has 1 N–H and O–H groups in total. The van der Waals surface area contributed by atoms with Crippen molar-refractivity contribution in [3.05, 3.63) is 39.9 Å². The highest BCUT2D eigenvalue weighted by Crippen LogP contribution is 2.20. The first kappa shape index (κ1) is 14.0. The van der Waals surface area contributed by atoms with Crippen molar-refractivity contribution in [2.45, 2.75) is 23.8 Å². The Balaban J connectivity index is 2.09. The minimum absolute atomic E-state index is 0.0250. The Hall–Kier alpha value is -1.47. The Morgan fingerprint density at radius 3 is 2.32 bits per heavy atom. The molecule has 1 aliphatic heterocycles. The second-order valence-electron chi connectivity index (χ2n) is 4.68. The summed E-state index contributed by atoms with van der Waals surface area (Å²) >= 11 is 0. The number of nitro benzene ring substituents is 1. The Labute approximate surface area is 111 Å². The number of rotatable bonds is 4. The smallest absolute Gasteiger partial charge is 0.269 e. The molecule has 0 spiro atoms. The van der Waals surface area contributed by atoms with Gasteiger partial charge in [-0.1, -0.05) is 12.1 Å². The fourth-order valence-electron chi connectivity index (χ4n) is 2.22. The third-order valence-corrected chi connectivity index (χ3v) is 5.53. The monoisotopic (exact) mass is 284 g/mol. The fourth-order valence-corrected chi connectivity index (χ4v) is 4.07. The molecule has 2 rings (SSSR count). The Morgan fingerprint density at radius 2 is 1.79 bits per heavy atom. The molecule has 0 atom stereocenters. The second-order valence-corrected chi connectivity index (χ2v) is 6.96. The molecule has 19 heavy (non-hydrogen) atoms. The maximum absolute atomic E-state index is 12.2. The number of sulfone groups is 1. The van der Waals surface area contributed by atoms with Crippen LogP contribution in [-0.2, 0) is 15.6 Å². The summed E-state index contributed by atoms with van der Waals surface area (Å²) in [5.41, 5.74) is 0.576. The average molecular weight is 284 g/mol. The molecule has 1 saturated heterocycles. The summed E-state index contributed by atoms with van der Waals surface area (Å²) in [4.78, 5) is 10.0. The van der Waals surface area contributed by atoms with Gasteiger partial charge in [0.1, 0.15) is 0 Å². The molecule has 1 heterocycles. The first-order valence-corrected chi connectivity index (χ1v) is 7.86. The highest BCUT2D eigenvalue weighted by molar-refractivity contribution is 7.91. The van der Waals surface area contributed by atoms with E-state index in [0.717, 1.165) is 13.1 Å². The number of hydrogen-bond donors (Lipinski definition) is 1. The van der Waals surface area contributed by atoms with E-state index < -0.39 is 14.8 Å².